The third-order valence-electron chi connectivity index (χ3n) is 5.61. The first-order valence-electron chi connectivity index (χ1n) is 11.1. The van der Waals surface area contributed by atoms with Gasteiger partial charge in [0.1, 0.15) is 0 Å². The van der Waals surface area contributed by atoms with Crippen LogP contribution in [0.2, 0.25) is 0 Å². The quantitative estimate of drug-likeness (QED) is 0.328. The molecule has 0 atom stereocenters. The molecule has 2 aromatic carbocycles. The Bertz CT molecular complexity index is 1410. The molecule has 0 saturated heterocycles. The SMILES string of the molecule is Cc1ccc(S(=O)(=O)CCCC(=O)N(Cc2ccncc2)c2nc3cc(C)cc(C)c3s2)cc1. The van der Waals surface area contributed by atoms with E-state index in [4.69, 9.17) is 4.98 Å². The molecule has 6 nitrogen and oxygen atoms in total. The minimum Gasteiger partial charge on any atom is -0.284 e. The second-order valence-corrected chi connectivity index (χ2v) is 11.6. The number of benzene rings is 2. The van der Waals surface area contributed by atoms with Crippen molar-refractivity contribution in [1.82, 2.24) is 9.97 Å². The predicted molar refractivity (Wildman–Crippen MR) is 137 cm³/mol. The van der Waals surface area contributed by atoms with Gasteiger partial charge < -0.3 is 0 Å². The minimum absolute atomic E-state index is 0.0803. The third kappa shape index (κ3) is 5.51. The van der Waals surface area contributed by atoms with E-state index in [1.807, 2.05) is 39.0 Å². The Hall–Kier alpha value is -3.10. The molecule has 0 aliphatic carbocycles. The van der Waals surface area contributed by atoms with Gasteiger partial charge in [0, 0.05) is 18.8 Å². The Morgan fingerprint density at radius 1 is 0.971 bits per heavy atom. The van der Waals surface area contributed by atoms with E-state index in [2.05, 4.69) is 11.1 Å². The number of aryl methyl sites for hydroxylation is 3. The molecule has 0 saturated carbocycles. The molecular weight excluding hydrogens is 466 g/mol. The maximum atomic E-state index is 13.3. The summed E-state index contributed by atoms with van der Waals surface area (Å²) in [5, 5.41) is 0.618. The van der Waals surface area contributed by atoms with Crippen LogP contribution in [0.15, 0.2) is 65.8 Å². The van der Waals surface area contributed by atoms with Crippen molar-refractivity contribution in [3.8, 4) is 0 Å². The summed E-state index contributed by atoms with van der Waals surface area (Å²) < 4.78 is 26.5. The highest BCUT2D eigenvalue weighted by Crippen LogP contribution is 2.33. The van der Waals surface area contributed by atoms with E-state index in [-0.39, 0.29) is 29.4 Å². The van der Waals surface area contributed by atoms with Crippen molar-refractivity contribution in [1.29, 1.82) is 0 Å². The fourth-order valence-electron chi connectivity index (χ4n) is 3.83. The van der Waals surface area contributed by atoms with Crippen molar-refractivity contribution in [3.05, 3.63) is 83.2 Å². The van der Waals surface area contributed by atoms with Gasteiger partial charge in [-0.05, 0) is 74.2 Å². The maximum Gasteiger partial charge on any atom is 0.229 e. The first kappa shape index (κ1) is 24.0. The lowest BCUT2D eigenvalue weighted by Crippen LogP contribution is -2.30. The van der Waals surface area contributed by atoms with Crippen LogP contribution in [-0.4, -0.2) is 30.0 Å². The van der Waals surface area contributed by atoms with E-state index in [0.717, 1.165) is 32.5 Å². The summed E-state index contributed by atoms with van der Waals surface area (Å²) in [5.74, 6) is -0.229. The van der Waals surface area contributed by atoms with Gasteiger partial charge in [0.15, 0.2) is 15.0 Å². The molecule has 8 heteroatoms. The van der Waals surface area contributed by atoms with Crippen LogP contribution in [0.4, 0.5) is 5.13 Å². The summed E-state index contributed by atoms with van der Waals surface area (Å²) >= 11 is 1.49. The van der Waals surface area contributed by atoms with Crippen LogP contribution in [0.3, 0.4) is 0 Å². The molecule has 0 bridgehead atoms. The van der Waals surface area contributed by atoms with Crippen molar-refractivity contribution in [3.63, 3.8) is 0 Å². The van der Waals surface area contributed by atoms with Gasteiger partial charge in [-0.1, -0.05) is 35.1 Å². The van der Waals surface area contributed by atoms with Gasteiger partial charge in [-0.2, -0.15) is 0 Å². The number of hydrogen-bond donors (Lipinski definition) is 0. The first-order chi connectivity index (χ1) is 16.2. The first-order valence-corrected chi connectivity index (χ1v) is 13.6. The fourth-order valence-corrected chi connectivity index (χ4v) is 6.17. The van der Waals surface area contributed by atoms with Gasteiger partial charge in [-0.25, -0.2) is 13.4 Å². The predicted octanol–water partition coefficient (Wildman–Crippen LogP) is 5.40. The molecule has 1 amide bonds. The van der Waals surface area contributed by atoms with Crippen LogP contribution in [0.5, 0.6) is 0 Å². The lowest BCUT2D eigenvalue weighted by molar-refractivity contribution is -0.118. The van der Waals surface area contributed by atoms with Crippen molar-refractivity contribution >= 4 is 42.4 Å². The number of carbonyl (C=O) groups is 1. The van der Waals surface area contributed by atoms with Crippen molar-refractivity contribution in [2.24, 2.45) is 0 Å². The van der Waals surface area contributed by atoms with E-state index in [1.54, 1.807) is 41.6 Å². The molecule has 2 aromatic heterocycles. The zero-order valence-corrected chi connectivity index (χ0v) is 21.1. The van der Waals surface area contributed by atoms with Crippen molar-refractivity contribution in [2.45, 2.75) is 45.1 Å². The van der Waals surface area contributed by atoms with Gasteiger partial charge in [0.05, 0.1) is 27.4 Å². The second-order valence-electron chi connectivity index (χ2n) is 8.50. The highest BCUT2D eigenvalue weighted by atomic mass is 32.2. The smallest absolute Gasteiger partial charge is 0.229 e. The topological polar surface area (TPSA) is 80.2 Å². The standard InChI is InChI=1S/C26H27N3O3S2/c1-18-6-8-22(9-7-18)34(31,32)14-4-5-24(30)29(17-21-10-12-27-13-11-21)26-28-23-16-19(2)15-20(3)25(23)33-26/h6-13,15-16H,4-5,14,17H2,1-3H3. The molecule has 34 heavy (non-hydrogen) atoms. The monoisotopic (exact) mass is 493 g/mol. The van der Waals surface area contributed by atoms with E-state index in [9.17, 15) is 13.2 Å². The van der Waals surface area contributed by atoms with E-state index >= 15 is 0 Å². The van der Waals surface area contributed by atoms with Gasteiger partial charge in [-0.3, -0.25) is 14.7 Å². The second kappa shape index (κ2) is 10.0. The minimum atomic E-state index is -3.44. The molecule has 0 spiro atoms. The number of nitrogens with zero attached hydrogens (tertiary/aromatic N) is 3. The molecule has 0 fully saturated rings. The summed E-state index contributed by atoms with van der Waals surface area (Å²) in [6.45, 7) is 6.34. The Balaban J connectivity index is 1.55. The number of rotatable bonds is 8. The molecule has 176 valence electrons. The number of sulfone groups is 1. The number of amides is 1. The maximum absolute atomic E-state index is 13.3. The molecule has 0 aliphatic heterocycles. The highest BCUT2D eigenvalue weighted by Gasteiger charge is 2.22. The van der Waals surface area contributed by atoms with Crippen molar-refractivity contribution < 1.29 is 13.2 Å². The summed E-state index contributed by atoms with van der Waals surface area (Å²) in [4.78, 5) is 24.1. The lowest BCUT2D eigenvalue weighted by atomic mass is 10.1. The van der Waals surface area contributed by atoms with Gasteiger partial charge in [0.25, 0.3) is 0 Å². The fraction of sp³-hybridized carbons (Fsp3) is 0.269. The Morgan fingerprint density at radius 2 is 1.68 bits per heavy atom. The third-order valence-corrected chi connectivity index (χ3v) is 8.66. The zero-order valence-electron chi connectivity index (χ0n) is 19.5. The molecule has 0 unspecified atom stereocenters. The van der Waals surface area contributed by atoms with Gasteiger partial charge in [0.2, 0.25) is 5.91 Å². The van der Waals surface area contributed by atoms with Gasteiger partial charge >= 0.3 is 0 Å². The van der Waals surface area contributed by atoms with Crippen LogP contribution >= 0.6 is 11.3 Å². The summed E-state index contributed by atoms with van der Waals surface area (Å²) in [6.07, 6.45) is 3.74. The molecular formula is C26H27N3O3S2. The average Bonchev–Trinajstić information content (AvgIpc) is 3.22. The van der Waals surface area contributed by atoms with E-state index in [0.29, 0.717) is 11.7 Å². The van der Waals surface area contributed by atoms with Gasteiger partial charge in [-0.15, -0.1) is 0 Å². The summed E-state index contributed by atoms with van der Waals surface area (Å²) in [5.41, 5.74) is 5.05. The molecule has 2 heterocycles. The van der Waals surface area contributed by atoms with Crippen LogP contribution in [0.1, 0.15) is 35.1 Å². The van der Waals surface area contributed by atoms with Crippen LogP contribution < -0.4 is 4.90 Å². The lowest BCUT2D eigenvalue weighted by Gasteiger charge is -2.20. The Kier molecular flexibility index (Phi) is 7.09. The molecule has 0 aliphatic rings. The number of carbonyl (C=O) groups excluding carboxylic acids is 1. The number of aromatic nitrogens is 2. The van der Waals surface area contributed by atoms with Crippen LogP contribution in [0.25, 0.3) is 10.2 Å². The number of hydrogen-bond acceptors (Lipinski definition) is 6. The molecule has 0 N–H and O–H groups in total. The molecule has 4 aromatic rings. The Morgan fingerprint density at radius 3 is 2.38 bits per heavy atom. The number of fused-ring (bicyclic) bond motifs is 1. The number of anilines is 1. The normalized spacial score (nSPS) is 11.6. The molecule has 4 rings (SSSR count). The molecule has 0 radical (unpaired) electrons. The zero-order chi connectivity index (χ0) is 24.3. The number of pyridine rings is 1. The van der Waals surface area contributed by atoms with E-state index in [1.165, 1.54) is 11.3 Å². The average molecular weight is 494 g/mol. The Labute approximate surface area is 204 Å². The van der Waals surface area contributed by atoms with Crippen LogP contribution in [-0.2, 0) is 21.2 Å². The number of thiazole rings is 1. The van der Waals surface area contributed by atoms with E-state index < -0.39 is 9.84 Å². The summed E-state index contributed by atoms with van der Waals surface area (Å²) in [7, 11) is -3.44. The highest BCUT2D eigenvalue weighted by molar-refractivity contribution is 7.91. The summed E-state index contributed by atoms with van der Waals surface area (Å²) in [6, 6.07) is 14.7. The van der Waals surface area contributed by atoms with Crippen molar-refractivity contribution in [2.75, 3.05) is 10.7 Å². The van der Waals surface area contributed by atoms with Crippen LogP contribution in [0, 0.1) is 20.8 Å². The largest absolute Gasteiger partial charge is 0.284 e.